The number of rotatable bonds is 5. The summed E-state index contributed by atoms with van der Waals surface area (Å²) in [6.45, 7) is 3.27. The lowest BCUT2D eigenvalue weighted by atomic mass is 10.1. The molecule has 0 radical (unpaired) electrons. The van der Waals surface area contributed by atoms with Gasteiger partial charge in [-0.3, -0.25) is 4.79 Å². The molecule has 1 aromatic carbocycles. The molecule has 0 aliphatic carbocycles. The molecular formula is C31H29N11O2. The van der Waals surface area contributed by atoms with E-state index in [4.69, 9.17) is 10.7 Å². The first-order valence-electron chi connectivity index (χ1n) is 14.3. The van der Waals surface area contributed by atoms with Crippen LogP contribution in [0.4, 0.5) is 17.3 Å². The summed E-state index contributed by atoms with van der Waals surface area (Å²) >= 11 is 0. The minimum atomic E-state index is -0.450. The molecule has 7 rings (SSSR count). The molecule has 2 fully saturated rings. The first kappa shape index (κ1) is 27.1. The number of anilines is 3. The average molecular weight is 588 g/mol. The van der Waals surface area contributed by atoms with Crippen molar-refractivity contribution < 1.29 is 9.90 Å². The Morgan fingerprint density at radius 2 is 1.89 bits per heavy atom. The van der Waals surface area contributed by atoms with E-state index in [1.54, 1.807) is 54.3 Å². The molecule has 5 aromatic rings. The molecule has 13 nitrogen and oxygen atoms in total. The molecule has 13 heteroatoms. The largest absolute Gasteiger partial charge is 0.507 e. The molecule has 2 saturated heterocycles. The SMILES string of the molecule is C[C@H](C#Cc1nccc(N2[C@@H]3CC[C@H]2CN(c2cc(-c4ccccc4O)nnc2N)C3)n1)NC(=O)c1cc2ncccn2n1. The number of benzene rings is 1. The van der Waals surface area contributed by atoms with Crippen LogP contribution < -0.4 is 20.9 Å². The number of nitrogens with one attached hydrogen (secondary N) is 1. The van der Waals surface area contributed by atoms with Crippen molar-refractivity contribution >= 4 is 28.9 Å². The van der Waals surface area contributed by atoms with Crippen molar-refractivity contribution in [2.45, 2.75) is 37.9 Å². The predicted octanol–water partition coefficient (Wildman–Crippen LogP) is 2.29. The fraction of sp³-hybridized carbons (Fsp3) is 0.258. The summed E-state index contributed by atoms with van der Waals surface area (Å²) in [5.41, 5.74) is 9.14. The zero-order valence-corrected chi connectivity index (χ0v) is 23.9. The van der Waals surface area contributed by atoms with Gasteiger partial charge in [0.25, 0.3) is 5.91 Å². The van der Waals surface area contributed by atoms with Gasteiger partial charge >= 0.3 is 0 Å². The highest BCUT2D eigenvalue weighted by Gasteiger charge is 2.41. The maximum absolute atomic E-state index is 12.7. The van der Waals surface area contributed by atoms with Crippen LogP contribution in [0.2, 0.25) is 0 Å². The van der Waals surface area contributed by atoms with Crippen LogP contribution in [-0.4, -0.2) is 77.0 Å². The second-order valence-electron chi connectivity index (χ2n) is 10.9. The van der Waals surface area contributed by atoms with Crippen LogP contribution >= 0.6 is 0 Å². The quantitative estimate of drug-likeness (QED) is 0.259. The third-order valence-corrected chi connectivity index (χ3v) is 7.93. The second-order valence-corrected chi connectivity index (χ2v) is 10.9. The monoisotopic (exact) mass is 587 g/mol. The maximum Gasteiger partial charge on any atom is 0.272 e. The molecule has 2 aliphatic heterocycles. The van der Waals surface area contributed by atoms with Crippen LogP contribution in [0.1, 0.15) is 36.1 Å². The normalized spacial score (nSPS) is 18.1. The second kappa shape index (κ2) is 11.1. The van der Waals surface area contributed by atoms with E-state index in [0.717, 1.165) is 37.4 Å². The Balaban J connectivity index is 1.04. The number of nitrogens with two attached hydrogens (primary N) is 1. The third-order valence-electron chi connectivity index (χ3n) is 7.93. The van der Waals surface area contributed by atoms with E-state index in [0.29, 0.717) is 28.5 Å². The van der Waals surface area contributed by atoms with Crippen molar-refractivity contribution in [2.24, 2.45) is 0 Å². The summed E-state index contributed by atoms with van der Waals surface area (Å²) in [4.78, 5) is 30.6. The van der Waals surface area contributed by atoms with E-state index in [2.05, 4.69) is 52.2 Å². The van der Waals surface area contributed by atoms with Crippen molar-refractivity contribution in [2.75, 3.05) is 28.6 Å². The molecule has 6 heterocycles. The zero-order valence-electron chi connectivity index (χ0n) is 23.9. The van der Waals surface area contributed by atoms with Gasteiger partial charge < -0.3 is 26.0 Å². The highest BCUT2D eigenvalue weighted by molar-refractivity contribution is 5.93. The van der Waals surface area contributed by atoms with Crippen molar-refractivity contribution in [3.8, 4) is 28.8 Å². The summed E-state index contributed by atoms with van der Waals surface area (Å²) in [6.07, 6.45) is 7.12. The van der Waals surface area contributed by atoms with Gasteiger partial charge in [0.2, 0.25) is 5.82 Å². The molecule has 4 N–H and O–H groups in total. The number of nitrogens with zero attached hydrogens (tertiary/aromatic N) is 9. The van der Waals surface area contributed by atoms with Crippen LogP contribution in [0, 0.1) is 11.8 Å². The number of aromatic hydroxyl groups is 1. The number of para-hydroxylation sites is 1. The van der Waals surface area contributed by atoms with Crippen LogP contribution in [0.5, 0.6) is 5.75 Å². The minimum absolute atomic E-state index is 0.145. The fourth-order valence-corrected chi connectivity index (χ4v) is 5.91. The number of piperazine rings is 1. The van der Waals surface area contributed by atoms with Gasteiger partial charge in [0.05, 0.1) is 17.4 Å². The summed E-state index contributed by atoms with van der Waals surface area (Å²) < 4.78 is 1.55. The van der Waals surface area contributed by atoms with Crippen LogP contribution in [0.3, 0.4) is 0 Å². The van der Waals surface area contributed by atoms with Crippen LogP contribution in [0.25, 0.3) is 16.9 Å². The number of nitrogen functional groups attached to an aromatic ring is 1. The van der Waals surface area contributed by atoms with Crippen LogP contribution in [0.15, 0.2) is 67.1 Å². The molecule has 220 valence electrons. The first-order chi connectivity index (χ1) is 21.4. The molecule has 3 atom stereocenters. The number of fused-ring (bicyclic) bond motifs is 3. The molecule has 2 bridgehead atoms. The van der Waals surface area contributed by atoms with E-state index in [1.807, 2.05) is 24.3 Å². The molecule has 1 amide bonds. The van der Waals surface area contributed by atoms with Crippen molar-refractivity contribution in [3.05, 3.63) is 78.6 Å². The van der Waals surface area contributed by atoms with Gasteiger partial charge in [0.1, 0.15) is 11.6 Å². The summed E-state index contributed by atoms with van der Waals surface area (Å²) in [7, 11) is 0. The van der Waals surface area contributed by atoms with Gasteiger partial charge in [0.15, 0.2) is 17.2 Å². The van der Waals surface area contributed by atoms with E-state index in [9.17, 15) is 9.90 Å². The number of carbonyl (C=O) groups excluding carboxylic acids is 1. The summed E-state index contributed by atoms with van der Waals surface area (Å²) in [5.74, 6) is 7.42. The Hall–Kier alpha value is -5.77. The van der Waals surface area contributed by atoms with Gasteiger partial charge in [-0.05, 0) is 56.0 Å². The highest BCUT2D eigenvalue weighted by atomic mass is 16.3. The van der Waals surface area contributed by atoms with Gasteiger partial charge in [0, 0.05) is 55.4 Å². The smallest absolute Gasteiger partial charge is 0.272 e. The molecule has 2 aliphatic rings. The van der Waals surface area contributed by atoms with E-state index < -0.39 is 6.04 Å². The van der Waals surface area contributed by atoms with Gasteiger partial charge in [-0.2, -0.15) is 5.10 Å². The number of hydrogen-bond acceptors (Lipinski definition) is 11. The lowest BCUT2D eigenvalue weighted by Crippen LogP contribution is -2.54. The predicted molar refractivity (Wildman–Crippen MR) is 164 cm³/mol. The lowest BCUT2D eigenvalue weighted by molar-refractivity contribution is 0.0942. The number of carbonyl (C=O) groups is 1. The topological polar surface area (TPSA) is 164 Å². The zero-order chi connectivity index (χ0) is 30.2. The summed E-state index contributed by atoms with van der Waals surface area (Å²) in [6, 6.07) is 14.2. The molecule has 0 saturated carbocycles. The van der Waals surface area contributed by atoms with Crippen molar-refractivity contribution in [1.82, 2.24) is 40.1 Å². The van der Waals surface area contributed by atoms with Gasteiger partial charge in [-0.15, -0.1) is 10.2 Å². The van der Waals surface area contributed by atoms with E-state index in [1.165, 1.54) is 0 Å². The molecule has 44 heavy (non-hydrogen) atoms. The van der Waals surface area contributed by atoms with Gasteiger partial charge in [-0.25, -0.2) is 19.5 Å². The fourth-order valence-electron chi connectivity index (χ4n) is 5.91. The third kappa shape index (κ3) is 5.17. The number of aromatic nitrogens is 7. The van der Waals surface area contributed by atoms with Gasteiger partial charge in [-0.1, -0.05) is 18.1 Å². The van der Waals surface area contributed by atoms with E-state index in [-0.39, 0.29) is 29.4 Å². The molecule has 0 spiro atoms. The Kier molecular flexibility index (Phi) is 6.86. The Bertz CT molecular complexity index is 1880. The number of phenols is 1. The van der Waals surface area contributed by atoms with Crippen LogP contribution in [-0.2, 0) is 0 Å². The first-order valence-corrected chi connectivity index (χ1v) is 14.3. The maximum atomic E-state index is 12.7. The molecular weight excluding hydrogens is 558 g/mol. The van der Waals surface area contributed by atoms with E-state index >= 15 is 0 Å². The average Bonchev–Trinajstić information content (AvgIpc) is 3.59. The Morgan fingerprint density at radius 3 is 2.68 bits per heavy atom. The lowest BCUT2D eigenvalue weighted by Gasteiger charge is -2.42. The minimum Gasteiger partial charge on any atom is -0.507 e. The standard InChI is InChI=1S/C31H29N11O2/c1-19(35-31(44)24-16-29-34-12-4-14-41(29)39-24)7-10-27-33-13-11-28(36-27)42-20-8-9-21(42)18-40(17-20)25-15-23(37-38-30(25)32)22-5-2-3-6-26(22)43/h2-6,11-16,19-21,43H,8-9,17-18H2,1H3,(H2,32,38)(H,35,44)/t19-,20-,21+/m1/s1. The molecule has 4 aromatic heterocycles. The molecule has 0 unspecified atom stereocenters. The number of amides is 1. The summed E-state index contributed by atoms with van der Waals surface area (Å²) in [5, 5.41) is 25.9. The number of hydrogen-bond donors (Lipinski definition) is 3. The van der Waals surface area contributed by atoms with Crippen molar-refractivity contribution in [1.29, 1.82) is 0 Å². The number of phenolic OH excluding ortho intramolecular Hbond substituents is 1. The van der Waals surface area contributed by atoms with Crippen molar-refractivity contribution in [3.63, 3.8) is 0 Å². The Morgan fingerprint density at radius 1 is 1.07 bits per heavy atom. The highest BCUT2D eigenvalue weighted by Crippen LogP contribution is 2.38. The Labute approximate surface area is 252 Å².